The Balaban J connectivity index is 1.79. The van der Waals surface area contributed by atoms with Crippen molar-refractivity contribution in [2.75, 3.05) is 13.1 Å². The van der Waals surface area contributed by atoms with Crippen LogP contribution >= 0.6 is 0 Å². The topological polar surface area (TPSA) is 57.6 Å². The van der Waals surface area contributed by atoms with Crippen LogP contribution in [0.25, 0.3) is 0 Å². The lowest BCUT2D eigenvalue weighted by Crippen LogP contribution is -2.55. The predicted molar refractivity (Wildman–Crippen MR) is 75.1 cm³/mol. The van der Waals surface area contributed by atoms with Crippen LogP contribution in [0.1, 0.15) is 51.9 Å². The summed E-state index contributed by atoms with van der Waals surface area (Å²) in [7, 11) is 0. The van der Waals surface area contributed by atoms with Crippen molar-refractivity contribution in [3.63, 3.8) is 0 Å². The number of hydrogen-bond acceptors (Lipinski definition) is 2. The van der Waals surface area contributed by atoms with Crippen LogP contribution in [-0.4, -0.2) is 35.0 Å². The second-order valence-corrected chi connectivity index (χ2v) is 7.32. The van der Waals surface area contributed by atoms with Crippen molar-refractivity contribution in [1.29, 1.82) is 0 Å². The standard InChI is InChI=1S/C16H25NO3/c1-2-3-17(10-14(18)19)15(20)16-7-11-4-12(8-16)6-13(5-11)9-16/h11-13H,2-10H2,1H3,(H,18,19). The Bertz CT molecular complexity index is 383. The third-order valence-electron chi connectivity index (χ3n) is 5.60. The zero-order valence-electron chi connectivity index (χ0n) is 12.3. The molecule has 4 aliphatic rings. The molecule has 20 heavy (non-hydrogen) atoms. The van der Waals surface area contributed by atoms with Crippen molar-refractivity contribution in [3.05, 3.63) is 0 Å². The summed E-state index contributed by atoms with van der Waals surface area (Å²) in [5.41, 5.74) is -0.209. The van der Waals surface area contributed by atoms with Gasteiger partial charge in [-0.2, -0.15) is 0 Å². The number of hydrogen-bond donors (Lipinski definition) is 1. The first-order chi connectivity index (χ1) is 9.52. The summed E-state index contributed by atoms with van der Waals surface area (Å²) in [6.45, 7) is 2.45. The molecular formula is C16H25NO3. The molecule has 0 radical (unpaired) electrons. The lowest BCUT2D eigenvalue weighted by atomic mass is 9.49. The highest BCUT2D eigenvalue weighted by atomic mass is 16.4. The van der Waals surface area contributed by atoms with E-state index in [2.05, 4.69) is 0 Å². The molecule has 4 rings (SSSR count). The molecule has 4 fully saturated rings. The SMILES string of the molecule is CCCN(CC(=O)O)C(=O)C12CC3CC(CC(C3)C1)C2. The molecule has 4 bridgehead atoms. The van der Waals surface area contributed by atoms with E-state index in [4.69, 9.17) is 5.11 Å². The third-order valence-corrected chi connectivity index (χ3v) is 5.60. The van der Waals surface area contributed by atoms with E-state index in [0.717, 1.165) is 43.4 Å². The van der Waals surface area contributed by atoms with Gasteiger partial charge in [-0.15, -0.1) is 0 Å². The normalized spacial score (nSPS) is 38.0. The minimum atomic E-state index is -0.892. The van der Waals surface area contributed by atoms with Gasteiger partial charge < -0.3 is 10.0 Å². The quantitative estimate of drug-likeness (QED) is 0.841. The fraction of sp³-hybridized carbons (Fsp3) is 0.875. The Hall–Kier alpha value is -1.06. The second kappa shape index (κ2) is 5.05. The maximum atomic E-state index is 13.0. The molecule has 4 saturated carbocycles. The number of carboxylic acid groups (broad SMARTS) is 1. The Labute approximate surface area is 120 Å². The van der Waals surface area contributed by atoms with Crippen molar-refractivity contribution in [2.24, 2.45) is 23.2 Å². The monoisotopic (exact) mass is 279 g/mol. The summed E-state index contributed by atoms with van der Waals surface area (Å²) in [4.78, 5) is 25.6. The van der Waals surface area contributed by atoms with E-state index in [1.54, 1.807) is 4.90 Å². The van der Waals surface area contributed by atoms with E-state index >= 15 is 0 Å². The van der Waals surface area contributed by atoms with Gasteiger partial charge in [0, 0.05) is 6.54 Å². The van der Waals surface area contributed by atoms with Crippen LogP contribution in [0.5, 0.6) is 0 Å². The molecule has 4 heteroatoms. The highest BCUT2D eigenvalue weighted by molar-refractivity contribution is 5.86. The number of rotatable bonds is 5. The summed E-state index contributed by atoms with van der Waals surface area (Å²) in [6, 6.07) is 0. The first-order valence-corrected chi connectivity index (χ1v) is 8.03. The Morgan fingerprint density at radius 1 is 1.10 bits per heavy atom. The van der Waals surface area contributed by atoms with Crippen LogP contribution in [0.4, 0.5) is 0 Å². The lowest BCUT2D eigenvalue weighted by Gasteiger charge is -2.56. The summed E-state index contributed by atoms with van der Waals surface area (Å²) >= 11 is 0. The van der Waals surface area contributed by atoms with Gasteiger partial charge in [-0.1, -0.05) is 6.92 Å². The van der Waals surface area contributed by atoms with Crippen LogP contribution in [0.15, 0.2) is 0 Å². The van der Waals surface area contributed by atoms with Gasteiger partial charge in [0.25, 0.3) is 0 Å². The number of carbonyl (C=O) groups excluding carboxylic acids is 1. The smallest absolute Gasteiger partial charge is 0.323 e. The molecule has 112 valence electrons. The van der Waals surface area contributed by atoms with Crippen molar-refractivity contribution in [3.8, 4) is 0 Å². The van der Waals surface area contributed by atoms with Crippen LogP contribution < -0.4 is 0 Å². The van der Waals surface area contributed by atoms with Crippen molar-refractivity contribution < 1.29 is 14.7 Å². The minimum Gasteiger partial charge on any atom is -0.480 e. The lowest BCUT2D eigenvalue weighted by molar-refractivity contribution is -0.161. The fourth-order valence-corrected chi connectivity index (χ4v) is 5.39. The molecule has 0 aliphatic heterocycles. The number of amides is 1. The van der Waals surface area contributed by atoms with Gasteiger partial charge >= 0.3 is 5.97 Å². The van der Waals surface area contributed by atoms with Crippen molar-refractivity contribution in [1.82, 2.24) is 4.90 Å². The Morgan fingerprint density at radius 3 is 2.00 bits per heavy atom. The molecule has 1 amide bonds. The van der Waals surface area contributed by atoms with Crippen molar-refractivity contribution >= 4 is 11.9 Å². The number of nitrogens with zero attached hydrogens (tertiary/aromatic N) is 1. The average Bonchev–Trinajstić information content (AvgIpc) is 2.35. The third kappa shape index (κ3) is 2.33. The zero-order chi connectivity index (χ0) is 14.3. The van der Waals surface area contributed by atoms with Gasteiger partial charge in [0.1, 0.15) is 6.54 Å². The van der Waals surface area contributed by atoms with E-state index in [0.29, 0.717) is 6.54 Å². The van der Waals surface area contributed by atoms with E-state index in [-0.39, 0.29) is 17.9 Å². The molecular weight excluding hydrogens is 254 g/mol. The molecule has 0 unspecified atom stereocenters. The van der Waals surface area contributed by atoms with Gasteiger partial charge in [-0.25, -0.2) is 0 Å². The van der Waals surface area contributed by atoms with Gasteiger partial charge in [0.05, 0.1) is 5.41 Å². The van der Waals surface area contributed by atoms with Gasteiger partial charge in [-0.05, 0) is 62.7 Å². The molecule has 0 aromatic heterocycles. The largest absolute Gasteiger partial charge is 0.480 e. The maximum Gasteiger partial charge on any atom is 0.323 e. The highest BCUT2D eigenvalue weighted by Crippen LogP contribution is 2.60. The van der Waals surface area contributed by atoms with Crippen LogP contribution in [-0.2, 0) is 9.59 Å². The molecule has 0 atom stereocenters. The molecule has 0 aromatic carbocycles. The van der Waals surface area contributed by atoms with E-state index in [1.807, 2.05) is 6.92 Å². The van der Waals surface area contributed by atoms with Crippen LogP contribution in [0, 0.1) is 23.2 Å². The Kier molecular flexibility index (Phi) is 3.51. The van der Waals surface area contributed by atoms with E-state index in [9.17, 15) is 9.59 Å². The molecule has 0 spiro atoms. The van der Waals surface area contributed by atoms with Crippen LogP contribution in [0.3, 0.4) is 0 Å². The van der Waals surface area contributed by atoms with E-state index < -0.39 is 5.97 Å². The molecule has 4 nitrogen and oxygen atoms in total. The molecule has 1 N–H and O–H groups in total. The molecule has 0 heterocycles. The van der Waals surface area contributed by atoms with Gasteiger partial charge in [0.15, 0.2) is 0 Å². The predicted octanol–water partition coefficient (Wildman–Crippen LogP) is 2.53. The second-order valence-electron chi connectivity index (χ2n) is 7.32. The summed E-state index contributed by atoms with van der Waals surface area (Å²) in [6.07, 6.45) is 7.77. The van der Waals surface area contributed by atoms with Crippen molar-refractivity contribution in [2.45, 2.75) is 51.9 Å². The summed E-state index contributed by atoms with van der Waals surface area (Å²) < 4.78 is 0. The number of carboxylic acids is 1. The van der Waals surface area contributed by atoms with Crippen LogP contribution in [0.2, 0.25) is 0 Å². The Morgan fingerprint density at radius 2 is 1.60 bits per heavy atom. The molecule has 0 saturated heterocycles. The van der Waals surface area contributed by atoms with Gasteiger partial charge in [-0.3, -0.25) is 9.59 Å². The maximum absolute atomic E-state index is 13.0. The van der Waals surface area contributed by atoms with Gasteiger partial charge in [0.2, 0.25) is 5.91 Å². The first kappa shape index (κ1) is 13.9. The number of aliphatic carboxylic acids is 1. The fourth-order valence-electron chi connectivity index (χ4n) is 5.39. The number of carbonyl (C=O) groups is 2. The summed E-state index contributed by atoms with van der Waals surface area (Å²) in [5.74, 6) is 1.41. The molecule has 0 aromatic rings. The zero-order valence-corrected chi connectivity index (χ0v) is 12.3. The van der Waals surface area contributed by atoms with E-state index in [1.165, 1.54) is 19.3 Å². The highest BCUT2D eigenvalue weighted by Gasteiger charge is 2.55. The molecule has 4 aliphatic carbocycles. The summed E-state index contributed by atoms with van der Waals surface area (Å²) in [5, 5.41) is 9.05. The average molecular weight is 279 g/mol. The minimum absolute atomic E-state index is 0.131. The first-order valence-electron chi connectivity index (χ1n) is 8.03.